The van der Waals surface area contributed by atoms with Gasteiger partial charge in [0.15, 0.2) is 11.3 Å². The molecule has 7 N–H and O–H groups in total. The minimum absolute atomic E-state index is 0.165. The molecular formula is C37H46N10O6. The molecule has 0 atom stereocenters. The number of nitrogens with zero attached hydrogens (tertiary/aromatic N) is 7. The molecule has 280 valence electrons. The van der Waals surface area contributed by atoms with E-state index in [0.717, 1.165) is 25.4 Å². The normalized spacial score (nSPS) is 19.1. The number of hydrogen-bond acceptors (Lipinski definition) is 14. The van der Waals surface area contributed by atoms with Crippen molar-refractivity contribution in [2.45, 2.75) is 77.3 Å². The van der Waals surface area contributed by atoms with Gasteiger partial charge in [0.05, 0.1) is 61.1 Å². The van der Waals surface area contributed by atoms with Gasteiger partial charge in [-0.15, -0.1) is 0 Å². The molecule has 16 nitrogen and oxygen atoms in total. The summed E-state index contributed by atoms with van der Waals surface area (Å²) in [7, 11) is 0. The maximum Gasteiger partial charge on any atom is 0.186 e. The molecule has 0 bridgehead atoms. The summed E-state index contributed by atoms with van der Waals surface area (Å²) in [5.74, 6) is 1.59. The molecule has 0 amide bonds. The monoisotopic (exact) mass is 726 g/mol. The summed E-state index contributed by atoms with van der Waals surface area (Å²) in [4.78, 5) is 16.1. The molecule has 2 fully saturated rings. The number of aliphatic hydroxyl groups excluding tert-OH is 2. The Kier molecular flexibility index (Phi) is 13.2. The topological polar surface area (TPSA) is 227 Å². The van der Waals surface area contributed by atoms with Gasteiger partial charge in [0.1, 0.15) is 43.6 Å². The number of aromatic amines is 1. The van der Waals surface area contributed by atoms with E-state index in [9.17, 15) is 0 Å². The van der Waals surface area contributed by atoms with Gasteiger partial charge in [-0.2, -0.15) is 10.2 Å². The van der Waals surface area contributed by atoms with Crippen LogP contribution in [0.5, 0.6) is 0 Å². The van der Waals surface area contributed by atoms with Gasteiger partial charge in [0.25, 0.3) is 0 Å². The first kappa shape index (κ1) is 37.7. The fourth-order valence-corrected chi connectivity index (χ4v) is 6.17. The standard InChI is InChI=1S/C18H21N5O3.C12H16O.C7H9N5O2/c19-17-16-15(9-25-11-24)22-23(18(16)21-10-20-17)13-6-14(7-13)26-8-12-4-2-1-3-5-12;1-10-7-12(8-10)13-9-11-5-3-2-4-6-11;8-6-5-4(1-14-3-13)11-12-7(5)10-2-9-6/h1-5,10,13-14,24H,6-9,11H2,(H2,19,20,21);2-6,10,12H,7-9H2,1H3;2,13H,1,3H2,(H3,8,9,10,11,12). The molecule has 6 aromatic rings. The SMILES string of the molecule is CC1CC(OCc2ccccc2)C1.Nc1ncnc2c1c(COCO)nn2C1CC(OCc2ccccc2)C1.Nc1ncnc2n[nH]c(COCO)c12. The average molecular weight is 727 g/mol. The number of rotatable bonds is 13. The third-order valence-corrected chi connectivity index (χ3v) is 9.12. The lowest BCUT2D eigenvalue weighted by Gasteiger charge is -2.35. The molecule has 0 aliphatic heterocycles. The van der Waals surface area contributed by atoms with Gasteiger partial charge >= 0.3 is 0 Å². The van der Waals surface area contributed by atoms with E-state index in [2.05, 4.69) is 78.6 Å². The highest BCUT2D eigenvalue weighted by Crippen LogP contribution is 2.37. The molecule has 0 spiro atoms. The van der Waals surface area contributed by atoms with Gasteiger partial charge < -0.3 is 40.6 Å². The molecule has 0 saturated heterocycles. The van der Waals surface area contributed by atoms with Gasteiger partial charge in [0.2, 0.25) is 0 Å². The van der Waals surface area contributed by atoms with E-state index in [4.69, 9.17) is 40.6 Å². The van der Waals surface area contributed by atoms with Crippen molar-refractivity contribution in [2.24, 2.45) is 5.92 Å². The quantitative estimate of drug-likeness (QED) is 0.105. The molecule has 2 aliphatic rings. The number of anilines is 2. The number of benzene rings is 2. The molecule has 0 unspecified atom stereocenters. The first-order chi connectivity index (χ1) is 25.9. The van der Waals surface area contributed by atoms with Crippen LogP contribution in [0.4, 0.5) is 11.6 Å². The molecule has 2 aliphatic carbocycles. The summed E-state index contributed by atoms with van der Waals surface area (Å²) in [6.45, 7) is 3.31. The Bertz CT molecular complexity index is 2000. The number of H-pyrrole nitrogens is 1. The highest BCUT2D eigenvalue weighted by Gasteiger charge is 2.34. The highest BCUT2D eigenvalue weighted by molar-refractivity contribution is 5.88. The minimum Gasteiger partial charge on any atom is -0.383 e. The van der Waals surface area contributed by atoms with Crippen LogP contribution in [0.25, 0.3) is 22.1 Å². The van der Waals surface area contributed by atoms with Crippen LogP contribution in [0.15, 0.2) is 73.3 Å². The van der Waals surface area contributed by atoms with E-state index in [1.165, 1.54) is 36.6 Å². The van der Waals surface area contributed by atoms with Crippen LogP contribution in [-0.4, -0.2) is 75.9 Å². The zero-order chi connectivity index (χ0) is 37.0. The number of nitrogen functional groups attached to an aromatic ring is 2. The van der Waals surface area contributed by atoms with Crippen LogP contribution < -0.4 is 11.5 Å². The van der Waals surface area contributed by atoms with Gasteiger partial charge in [0, 0.05) is 0 Å². The Morgan fingerprint density at radius 3 is 1.89 bits per heavy atom. The largest absolute Gasteiger partial charge is 0.383 e. The number of nitrogens with two attached hydrogens (primary N) is 2. The lowest BCUT2D eigenvalue weighted by Crippen LogP contribution is -2.34. The zero-order valence-electron chi connectivity index (χ0n) is 29.6. The van der Waals surface area contributed by atoms with Crippen LogP contribution in [0.2, 0.25) is 0 Å². The van der Waals surface area contributed by atoms with Gasteiger partial charge in [-0.05, 0) is 42.7 Å². The maximum absolute atomic E-state index is 8.89. The second-order valence-electron chi connectivity index (χ2n) is 13.0. The predicted octanol–water partition coefficient (Wildman–Crippen LogP) is 4.20. The molecule has 4 heterocycles. The lowest BCUT2D eigenvalue weighted by molar-refractivity contribution is -0.0381. The Hall–Kier alpha value is -5.10. The Morgan fingerprint density at radius 1 is 0.717 bits per heavy atom. The van der Waals surface area contributed by atoms with E-state index < -0.39 is 0 Å². The summed E-state index contributed by atoms with van der Waals surface area (Å²) in [5.41, 5.74) is 16.6. The first-order valence-corrected chi connectivity index (χ1v) is 17.5. The van der Waals surface area contributed by atoms with Crippen molar-refractivity contribution in [2.75, 3.05) is 25.1 Å². The van der Waals surface area contributed by atoms with E-state index in [0.29, 0.717) is 57.8 Å². The van der Waals surface area contributed by atoms with Gasteiger partial charge in [-0.1, -0.05) is 67.6 Å². The summed E-state index contributed by atoms with van der Waals surface area (Å²) in [6, 6.07) is 20.7. The average Bonchev–Trinajstić information content (AvgIpc) is 3.75. The van der Waals surface area contributed by atoms with Crippen LogP contribution in [0.1, 0.15) is 61.2 Å². The van der Waals surface area contributed by atoms with Crippen molar-refractivity contribution in [3.05, 3.63) is 95.8 Å². The fourth-order valence-electron chi connectivity index (χ4n) is 6.17. The van der Waals surface area contributed by atoms with E-state index in [1.807, 2.05) is 28.9 Å². The summed E-state index contributed by atoms with van der Waals surface area (Å²) in [6.07, 6.45) is 7.73. The summed E-state index contributed by atoms with van der Waals surface area (Å²) >= 11 is 0. The lowest BCUT2D eigenvalue weighted by atomic mass is 9.84. The molecule has 2 saturated carbocycles. The highest BCUT2D eigenvalue weighted by atomic mass is 16.6. The van der Waals surface area contributed by atoms with E-state index in [-0.39, 0.29) is 38.9 Å². The molecule has 8 rings (SSSR count). The fraction of sp³-hybridized carbons (Fsp3) is 0.405. The van der Waals surface area contributed by atoms with Crippen molar-refractivity contribution >= 4 is 33.7 Å². The van der Waals surface area contributed by atoms with E-state index in [1.54, 1.807) is 0 Å². The molecule has 0 radical (unpaired) electrons. The van der Waals surface area contributed by atoms with Gasteiger partial charge in [-0.25, -0.2) is 24.6 Å². The van der Waals surface area contributed by atoms with E-state index >= 15 is 0 Å². The molecule has 4 aromatic heterocycles. The number of nitrogens with one attached hydrogen (secondary N) is 1. The zero-order valence-corrected chi connectivity index (χ0v) is 29.6. The molecule has 16 heteroatoms. The predicted molar refractivity (Wildman–Crippen MR) is 196 cm³/mol. The van der Waals surface area contributed by atoms with Crippen molar-refractivity contribution in [1.82, 2.24) is 39.9 Å². The van der Waals surface area contributed by atoms with Crippen molar-refractivity contribution in [1.29, 1.82) is 0 Å². The molecule has 2 aromatic carbocycles. The minimum atomic E-state index is -0.374. The van der Waals surface area contributed by atoms with Crippen molar-refractivity contribution in [3.8, 4) is 0 Å². The van der Waals surface area contributed by atoms with Crippen LogP contribution in [0, 0.1) is 5.92 Å². The number of hydrogen-bond donors (Lipinski definition) is 5. The number of ether oxygens (including phenoxy) is 4. The van der Waals surface area contributed by atoms with Crippen molar-refractivity contribution < 1.29 is 29.2 Å². The molecule has 53 heavy (non-hydrogen) atoms. The Morgan fingerprint density at radius 2 is 1.28 bits per heavy atom. The summed E-state index contributed by atoms with van der Waals surface area (Å²) < 4.78 is 23.5. The van der Waals surface area contributed by atoms with Crippen LogP contribution >= 0.6 is 0 Å². The third-order valence-electron chi connectivity index (χ3n) is 9.12. The van der Waals surface area contributed by atoms with Crippen LogP contribution in [-0.2, 0) is 45.4 Å². The number of aromatic nitrogens is 8. The Labute approximate surface area is 306 Å². The van der Waals surface area contributed by atoms with Crippen molar-refractivity contribution in [3.63, 3.8) is 0 Å². The second kappa shape index (κ2) is 18.6. The number of aliphatic hydroxyl groups is 2. The first-order valence-electron chi connectivity index (χ1n) is 17.5. The summed E-state index contributed by atoms with van der Waals surface area (Å²) in [5, 5.41) is 30.0. The Balaban J connectivity index is 0.000000150. The smallest absolute Gasteiger partial charge is 0.186 e. The maximum atomic E-state index is 8.89. The van der Waals surface area contributed by atoms with Gasteiger partial charge in [-0.3, -0.25) is 5.10 Å². The third kappa shape index (κ3) is 9.87. The number of fused-ring (bicyclic) bond motifs is 2. The second-order valence-corrected chi connectivity index (χ2v) is 13.0. The molecular weight excluding hydrogens is 680 g/mol. The van der Waals surface area contributed by atoms with Crippen LogP contribution in [0.3, 0.4) is 0 Å².